The molecule has 0 aliphatic heterocycles. The van der Waals surface area contributed by atoms with E-state index in [2.05, 4.69) is 15.6 Å². The van der Waals surface area contributed by atoms with Crippen molar-refractivity contribution < 1.29 is 0 Å². The number of nitrogens with zero attached hydrogens (tertiary/aromatic N) is 1. The van der Waals surface area contributed by atoms with E-state index in [0.717, 1.165) is 30.6 Å². The largest absolute Gasteiger partial charge is 0.375 e. The molecule has 1 aliphatic rings. The summed E-state index contributed by atoms with van der Waals surface area (Å²) >= 11 is 12.8. The molecule has 0 unspecified atom stereocenters. The number of hydrogen-bond donors (Lipinski definition) is 3. The molecule has 4 nitrogen and oxygen atoms in total. The molecule has 1 aliphatic carbocycles. The summed E-state index contributed by atoms with van der Waals surface area (Å²) in [5.74, 6) is 0. The van der Waals surface area contributed by atoms with Crippen LogP contribution in [0, 0.1) is 0 Å². The van der Waals surface area contributed by atoms with Crippen LogP contribution in [-0.4, -0.2) is 16.1 Å². The number of fused-ring (bicyclic) bond motifs is 1. The Labute approximate surface area is 137 Å². The normalized spacial score (nSPS) is 17.1. The van der Waals surface area contributed by atoms with Crippen molar-refractivity contribution >= 4 is 51.1 Å². The van der Waals surface area contributed by atoms with Gasteiger partial charge in [-0.15, -0.1) is 11.3 Å². The van der Waals surface area contributed by atoms with E-state index in [1.54, 1.807) is 11.3 Å². The lowest BCUT2D eigenvalue weighted by Gasteiger charge is -2.24. The maximum atomic E-state index is 5.86. The molecule has 4 N–H and O–H groups in total. The molecule has 1 aromatic heterocycles. The van der Waals surface area contributed by atoms with Crippen molar-refractivity contribution in [2.24, 2.45) is 0 Å². The van der Waals surface area contributed by atoms with Crippen LogP contribution in [0.4, 0.5) is 10.8 Å². The van der Waals surface area contributed by atoms with Gasteiger partial charge in [0.1, 0.15) is 0 Å². The summed E-state index contributed by atoms with van der Waals surface area (Å²) in [7, 11) is 0. The zero-order chi connectivity index (χ0) is 14.8. The lowest BCUT2D eigenvalue weighted by atomic mass is 9.98. The van der Waals surface area contributed by atoms with Gasteiger partial charge in [-0.05, 0) is 49.3 Å². The molecule has 21 heavy (non-hydrogen) atoms. The number of rotatable bonds is 2. The number of thiazole rings is 1. The van der Waals surface area contributed by atoms with Gasteiger partial charge >= 0.3 is 0 Å². The Morgan fingerprint density at radius 2 is 2.14 bits per heavy atom. The zero-order valence-electron chi connectivity index (χ0n) is 11.2. The minimum atomic E-state index is 0.324. The number of aryl methyl sites for hydroxylation is 1. The highest BCUT2D eigenvalue weighted by atomic mass is 35.5. The Morgan fingerprint density at radius 3 is 2.90 bits per heavy atom. The van der Waals surface area contributed by atoms with Gasteiger partial charge in [0.05, 0.1) is 5.69 Å². The lowest BCUT2D eigenvalue weighted by Crippen LogP contribution is -2.40. The molecule has 3 rings (SSSR count). The number of benzene rings is 1. The van der Waals surface area contributed by atoms with Crippen LogP contribution in [0.25, 0.3) is 0 Å². The first-order valence-corrected chi connectivity index (χ1v) is 8.27. The first kappa shape index (κ1) is 14.6. The summed E-state index contributed by atoms with van der Waals surface area (Å²) < 4.78 is 0. The van der Waals surface area contributed by atoms with E-state index in [1.165, 1.54) is 4.88 Å². The Hall–Kier alpha value is -1.37. The predicted octanol–water partition coefficient (Wildman–Crippen LogP) is 3.22. The summed E-state index contributed by atoms with van der Waals surface area (Å²) in [5.41, 5.74) is 7.83. The third-order valence-corrected chi connectivity index (χ3v) is 4.81. The van der Waals surface area contributed by atoms with Crippen LogP contribution in [0.5, 0.6) is 0 Å². The second kappa shape index (κ2) is 6.17. The maximum Gasteiger partial charge on any atom is 0.180 e. The highest BCUT2D eigenvalue weighted by Gasteiger charge is 2.22. The number of nitrogen functional groups attached to an aromatic ring is 1. The summed E-state index contributed by atoms with van der Waals surface area (Å²) in [6.07, 6.45) is 2.88. The molecule has 1 aromatic carbocycles. The Balaban J connectivity index is 1.57. The van der Waals surface area contributed by atoms with E-state index in [-0.39, 0.29) is 0 Å². The molecule has 0 radical (unpaired) electrons. The van der Waals surface area contributed by atoms with Gasteiger partial charge in [-0.2, -0.15) is 0 Å². The molecule has 2 aromatic rings. The maximum absolute atomic E-state index is 5.86. The zero-order valence-corrected chi connectivity index (χ0v) is 13.6. The van der Waals surface area contributed by atoms with Gasteiger partial charge in [-0.25, -0.2) is 4.98 Å². The monoisotopic (exact) mass is 338 g/mol. The van der Waals surface area contributed by atoms with Crippen molar-refractivity contribution in [2.75, 3.05) is 11.1 Å². The van der Waals surface area contributed by atoms with Crippen LogP contribution >= 0.6 is 35.2 Å². The summed E-state index contributed by atoms with van der Waals surface area (Å²) in [6.45, 7) is 0. The Morgan fingerprint density at radius 1 is 1.38 bits per heavy atom. The third-order valence-electron chi connectivity index (χ3n) is 3.39. The highest BCUT2D eigenvalue weighted by Crippen LogP contribution is 2.28. The molecule has 0 fully saturated rings. The summed E-state index contributed by atoms with van der Waals surface area (Å²) in [5, 5.41) is 8.52. The van der Waals surface area contributed by atoms with E-state index in [0.29, 0.717) is 21.3 Å². The quantitative estimate of drug-likeness (QED) is 0.734. The van der Waals surface area contributed by atoms with Crippen LogP contribution < -0.4 is 16.4 Å². The standard InChI is InChI=1S/C14H15ClN4S2/c15-8-1-3-9(4-2-8)17-14(20)18-10-5-6-11-12(7-10)21-13(16)19-11/h1-4,10H,5-7H2,(H2,16,19)(H2,17,18,20)/t10-/m0/s1. The highest BCUT2D eigenvalue weighted by molar-refractivity contribution is 7.80. The molecular formula is C14H15ClN4S2. The topological polar surface area (TPSA) is 63.0 Å². The SMILES string of the molecule is Nc1nc2c(s1)C[C@@H](NC(=S)Nc1ccc(Cl)cc1)CC2. The molecule has 0 saturated heterocycles. The molecule has 110 valence electrons. The van der Waals surface area contributed by atoms with Crippen molar-refractivity contribution in [1.82, 2.24) is 10.3 Å². The molecule has 0 amide bonds. The molecule has 1 atom stereocenters. The Kier molecular flexibility index (Phi) is 4.28. The van der Waals surface area contributed by atoms with Crippen molar-refractivity contribution in [2.45, 2.75) is 25.3 Å². The Bertz CT molecular complexity index is 653. The predicted molar refractivity (Wildman–Crippen MR) is 93.1 cm³/mol. The number of anilines is 2. The fourth-order valence-corrected chi connectivity index (χ4v) is 3.77. The van der Waals surface area contributed by atoms with Gasteiger partial charge in [0, 0.05) is 28.0 Å². The number of nitrogens with one attached hydrogen (secondary N) is 2. The molecule has 0 saturated carbocycles. The van der Waals surface area contributed by atoms with Crippen LogP contribution in [-0.2, 0) is 12.8 Å². The van der Waals surface area contributed by atoms with E-state index in [4.69, 9.17) is 29.6 Å². The van der Waals surface area contributed by atoms with E-state index < -0.39 is 0 Å². The van der Waals surface area contributed by atoms with Gasteiger partial charge in [0.2, 0.25) is 0 Å². The first-order valence-electron chi connectivity index (χ1n) is 6.67. The summed E-state index contributed by atoms with van der Waals surface area (Å²) in [6, 6.07) is 7.79. The smallest absolute Gasteiger partial charge is 0.180 e. The van der Waals surface area contributed by atoms with Gasteiger partial charge in [-0.3, -0.25) is 0 Å². The van der Waals surface area contributed by atoms with Crippen LogP contribution in [0.2, 0.25) is 5.02 Å². The molecular weight excluding hydrogens is 324 g/mol. The average Bonchev–Trinajstić information content (AvgIpc) is 2.80. The first-order chi connectivity index (χ1) is 10.1. The number of halogens is 1. The van der Waals surface area contributed by atoms with Gasteiger partial charge in [-0.1, -0.05) is 11.6 Å². The number of thiocarbonyl (C=S) groups is 1. The van der Waals surface area contributed by atoms with Crippen molar-refractivity contribution in [1.29, 1.82) is 0 Å². The fourth-order valence-electron chi connectivity index (χ4n) is 2.40. The van der Waals surface area contributed by atoms with Crippen LogP contribution in [0.3, 0.4) is 0 Å². The molecule has 1 heterocycles. The molecule has 0 spiro atoms. The van der Waals surface area contributed by atoms with Crippen molar-refractivity contribution in [3.63, 3.8) is 0 Å². The number of aromatic nitrogens is 1. The van der Waals surface area contributed by atoms with Crippen LogP contribution in [0.15, 0.2) is 24.3 Å². The molecule has 0 bridgehead atoms. The minimum absolute atomic E-state index is 0.324. The second-order valence-electron chi connectivity index (χ2n) is 4.97. The number of hydrogen-bond acceptors (Lipinski definition) is 4. The summed E-state index contributed by atoms with van der Waals surface area (Å²) in [4.78, 5) is 5.62. The third kappa shape index (κ3) is 3.64. The van der Waals surface area contributed by atoms with Crippen molar-refractivity contribution in [3.05, 3.63) is 39.9 Å². The fraction of sp³-hybridized carbons (Fsp3) is 0.286. The van der Waals surface area contributed by atoms with Crippen molar-refractivity contribution in [3.8, 4) is 0 Å². The lowest BCUT2D eigenvalue weighted by molar-refractivity contribution is 0.531. The number of nitrogens with two attached hydrogens (primary N) is 1. The second-order valence-corrected chi connectivity index (χ2v) is 6.93. The molecule has 7 heteroatoms. The van der Waals surface area contributed by atoms with Crippen LogP contribution in [0.1, 0.15) is 17.0 Å². The van der Waals surface area contributed by atoms with Gasteiger partial charge in [0.15, 0.2) is 10.2 Å². The van der Waals surface area contributed by atoms with Gasteiger partial charge in [0.25, 0.3) is 0 Å². The van der Waals surface area contributed by atoms with Gasteiger partial charge < -0.3 is 16.4 Å². The van der Waals surface area contributed by atoms with E-state index in [1.807, 2.05) is 24.3 Å². The average molecular weight is 339 g/mol. The van der Waals surface area contributed by atoms with E-state index >= 15 is 0 Å². The van der Waals surface area contributed by atoms with E-state index in [9.17, 15) is 0 Å². The minimum Gasteiger partial charge on any atom is -0.375 e.